The Balaban J connectivity index is 2.10. The van der Waals surface area contributed by atoms with E-state index >= 15 is 0 Å². The van der Waals surface area contributed by atoms with E-state index in [-0.39, 0.29) is 33.2 Å². The molecule has 2 aromatic heterocycles. The normalized spacial score (nSPS) is 12.8. The number of benzene rings is 1. The van der Waals surface area contributed by atoms with Gasteiger partial charge in [-0.2, -0.15) is 31.4 Å². The molecule has 1 aromatic carbocycles. The average Bonchev–Trinajstić information content (AvgIpc) is 3.14. The van der Waals surface area contributed by atoms with Gasteiger partial charge < -0.3 is 5.11 Å². The molecule has 0 bridgehead atoms. The van der Waals surface area contributed by atoms with Crippen molar-refractivity contribution in [2.45, 2.75) is 31.9 Å². The van der Waals surface area contributed by atoms with E-state index in [1.54, 1.807) is 0 Å². The van der Waals surface area contributed by atoms with Crippen LogP contribution in [0.5, 0.6) is 0 Å². The van der Waals surface area contributed by atoms with Gasteiger partial charge in [-0.05, 0) is 25.0 Å². The lowest BCUT2D eigenvalue weighted by molar-refractivity contribution is -0.348. The van der Waals surface area contributed by atoms with Gasteiger partial charge in [-0.15, -0.1) is 0 Å². The Labute approximate surface area is 185 Å². The van der Waals surface area contributed by atoms with Crippen molar-refractivity contribution in [2.75, 3.05) is 0 Å². The Morgan fingerprint density at radius 3 is 2.03 bits per heavy atom. The van der Waals surface area contributed by atoms with Crippen LogP contribution in [-0.4, -0.2) is 43.2 Å². The molecule has 0 aliphatic heterocycles. The van der Waals surface area contributed by atoms with Crippen LogP contribution in [0.4, 0.5) is 30.7 Å². The molecule has 3 aromatic rings. The molecule has 0 fully saturated rings. The van der Waals surface area contributed by atoms with Crippen molar-refractivity contribution in [3.05, 3.63) is 58.1 Å². The summed E-state index contributed by atoms with van der Waals surface area (Å²) in [4.78, 5) is 18.9. The summed E-state index contributed by atoms with van der Waals surface area (Å²) >= 11 is 5.72. The van der Waals surface area contributed by atoms with Crippen molar-refractivity contribution in [3.63, 3.8) is 0 Å². The summed E-state index contributed by atoms with van der Waals surface area (Å²) in [5.74, 6) is -1.51. The van der Waals surface area contributed by atoms with E-state index in [1.165, 1.54) is 26.2 Å². The van der Waals surface area contributed by atoms with Crippen molar-refractivity contribution < 1.29 is 40.6 Å². The molecule has 6 nitrogen and oxygen atoms in total. The monoisotopic (exact) mass is 496 g/mol. The van der Waals surface area contributed by atoms with Crippen LogP contribution in [0.2, 0.25) is 5.02 Å². The van der Waals surface area contributed by atoms with Crippen LogP contribution in [-0.2, 0) is 5.67 Å². The predicted octanol–water partition coefficient (Wildman–Crippen LogP) is 5.59. The average molecular weight is 497 g/mol. The zero-order valence-corrected chi connectivity index (χ0v) is 17.3. The van der Waals surface area contributed by atoms with Crippen molar-refractivity contribution in [2.24, 2.45) is 0 Å². The second-order valence-corrected chi connectivity index (χ2v) is 7.39. The molecular formula is C19H12ClF7N4O2. The molecule has 0 aliphatic rings. The van der Waals surface area contributed by atoms with Gasteiger partial charge in [0.15, 0.2) is 11.5 Å². The molecule has 1 N–H and O–H groups in total. The van der Waals surface area contributed by atoms with Gasteiger partial charge in [0, 0.05) is 11.8 Å². The van der Waals surface area contributed by atoms with Gasteiger partial charge in [-0.1, -0.05) is 23.7 Å². The van der Waals surface area contributed by atoms with E-state index in [4.69, 9.17) is 16.7 Å². The lowest BCUT2D eigenvalue weighted by Crippen LogP contribution is -2.50. The van der Waals surface area contributed by atoms with E-state index in [9.17, 15) is 35.5 Å². The van der Waals surface area contributed by atoms with E-state index in [0.29, 0.717) is 12.1 Å². The topological polar surface area (TPSA) is 80.9 Å². The number of aryl methyl sites for hydroxylation is 2. The number of rotatable bonds is 4. The van der Waals surface area contributed by atoms with Crippen molar-refractivity contribution in [1.82, 2.24) is 19.7 Å². The predicted molar refractivity (Wildman–Crippen MR) is 101 cm³/mol. The van der Waals surface area contributed by atoms with Gasteiger partial charge in [-0.3, -0.25) is 0 Å². The van der Waals surface area contributed by atoms with Gasteiger partial charge >= 0.3 is 24.0 Å². The summed E-state index contributed by atoms with van der Waals surface area (Å²) in [5.41, 5.74) is -7.64. The second kappa shape index (κ2) is 7.97. The fourth-order valence-corrected chi connectivity index (χ4v) is 3.39. The van der Waals surface area contributed by atoms with E-state index < -0.39 is 35.2 Å². The minimum atomic E-state index is -6.24. The van der Waals surface area contributed by atoms with Crippen LogP contribution in [0.3, 0.4) is 0 Å². The highest BCUT2D eigenvalue weighted by atomic mass is 35.5. The van der Waals surface area contributed by atoms with Crippen LogP contribution in [0.25, 0.3) is 17.1 Å². The van der Waals surface area contributed by atoms with Crippen LogP contribution in [0, 0.1) is 13.8 Å². The van der Waals surface area contributed by atoms with Crippen molar-refractivity contribution in [3.8, 4) is 17.1 Å². The Kier molecular flexibility index (Phi) is 5.90. The first-order chi connectivity index (χ1) is 15.1. The molecule has 0 amide bonds. The third kappa shape index (κ3) is 4.12. The number of aromatic carboxylic acids is 1. The number of hydrogen-bond donors (Lipinski definition) is 1. The zero-order chi connectivity index (χ0) is 24.9. The quantitative estimate of drug-likeness (QED) is 0.476. The fraction of sp³-hybridized carbons (Fsp3) is 0.263. The molecule has 14 heteroatoms. The van der Waals surface area contributed by atoms with Gasteiger partial charge in [0.05, 0.1) is 28.7 Å². The molecule has 3 rings (SSSR count). The summed E-state index contributed by atoms with van der Waals surface area (Å²) in [6.45, 7) is 2.39. The molecule has 0 spiro atoms. The maximum Gasteiger partial charge on any atom is 0.435 e. The summed E-state index contributed by atoms with van der Waals surface area (Å²) in [5, 5.41) is 12.9. The first-order valence-corrected chi connectivity index (χ1v) is 9.21. The maximum absolute atomic E-state index is 14.4. The number of nitrogens with zero attached hydrogens (tertiary/aromatic N) is 4. The molecule has 2 heterocycles. The molecule has 0 radical (unpaired) electrons. The molecular weight excluding hydrogens is 485 g/mol. The number of aromatic nitrogens is 4. The number of carboxylic acid groups (broad SMARTS) is 1. The third-order valence-corrected chi connectivity index (χ3v) is 4.96. The first kappa shape index (κ1) is 24.4. The number of halogens is 8. The highest BCUT2D eigenvalue weighted by molar-refractivity contribution is 6.33. The van der Waals surface area contributed by atoms with Gasteiger partial charge in [0.1, 0.15) is 0 Å². The fourth-order valence-electron chi connectivity index (χ4n) is 3.22. The Morgan fingerprint density at radius 1 is 1.00 bits per heavy atom. The molecule has 0 saturated heterocycles. The number of carboxylic acids is 1. The van der Waals surface area contributed by atoms with Gasteiger partial charge in [0.25, 0.3) is 0 Å². The van der Waals surface area contributed by atoms with Gasteiger partial charge in [-0.25, -0.2) is 23.8 Å². The molecule has 0 aliphatic carbocycles. The van der Waals surface area contributed by atoms with Gasteiger partial charge in [0.2, 0.25) is 0 Å². The maximum atomic E-state index is 14.4. The summed E-state index contributed by atoms with van der Waals surface area (Å²) in [6.07, 6.45) is -8.95. The standard InChI is InChI=1S/C19H12ClF7N4O2/c1-8-3-11(17(21,18(22,23)24)19(25,26)27)4-9(2)14(8)31-7-10(5-29-31)15-28-6-12(20)13(30-15)16(32)33/h3-7H,1-2H3,(H,32,33). The number of alkyl halides is 7. The molecule has 0 atom stereocenters. The Bertz CT molecular complexity index is 1200. The van der Waals surface area contributed by atoms with Crippen LogP contribution >= 0.6 is 11.6 Å². The lowest BCUT2D eigenvalue weighted by atomic mass is 9.90. The highest BCUT2D eigenvalue weighted by Crippen LogP contribution is 2.53. The summed E-state index contributed by atoms with van der Waals surface area (Å²) < 4.78 is 94.2. The largest absolute Gasteiger partial charge is 0.476 e. The molecule has 176 valence electrons. The van der Waals surface area contributed by atoms with E-state index in [1.807, 2.05) is 0 Å². The molecule has 0 saturated carbocycles. The Hall–Kier alpha value is -3.22. The summed E-state index contributed by atoms with van der Waals surface area (Å²) in [6, 6.07) is 0.901. The Morgan fingerprint density at radius 2 is 1.55 bits per heavy atom. The van der Waals surface area contributed by atoms with Crippen molar-refractivity contribution in [1.29, 1.82) is 0 Å². The van der Waals surface area contributed by atoms with E-state index in [0.717, 1.165) is 10.9 Å². The van der Waals surface area contributed by atoms with Crippen LogP contribution in [0.1, 0.15) is 27.2 Å². The minimum Gasteiger partial charge on any atom is -0.476 e. The molecule has 33 heavy (non-hydrogen) atoms. The van der Waals surface area contributed by atoms with Crippen LogP contribution < -0.4 is 0 Å². The third-order valence-electron chi connectivity index (χ3n) is 4.69. The molecule has 0 unspecified atom stereocenters. The number of carbonyl (C=O) groups is 1. The SMILES string of the molecule is Cc1cc(C(F)(C(F)(F)F)C(F)(F)F)cc(C)c1-n1cc(-c2ncc(Cl)c(C(=O)O)n2)cn1. The van der Waals surface area contributed by atoms with Crippen molar-refractivity contribution >= 4 is 17.6 Å². The minimum absolute atomic E-state index is 0.0871. The first-order valence-electron chi connectivity index (χ1n) is 8.83. The summed E-state index contributed by atoms with van der Waals surface area (Å²) in [7, 11) is 0. The smallest absolute Gasteiger partial charge is 0.435 e. The second-order valence-electron chi connectivity index (χ2n) is 6.98. The number of hydrogen-bond acceptors (Lipinski definition) is 4. The van der Waals surface area contributed by atoms with Crippen LogP contribution in [0.15, 0.2) is 30.7 Å². The lowest BCUT2D eigenvalue weighted by Gasteiger charge is -2.31. The zero-order valence-electron chi connectivity index (χ0n) is 16.6. The highest BCUT2D eigenvalue weighted by Gasteiger charge is 2.73. The van der Waals surface area contributed by atoms with E-state index in [2.05, 4.69) is 15.1 Å².